The van der Waals surface area contributed by atoms with E-state index < -0.39 is 64.3 Å². The van der Waals surface area contributed by atoms with E-state index in [4.69, 9.17) is 34.8 Å². The van der Waals surface area contributed by atoms with Crippen LogP contribution in [0.15, 0.2) is 23.1 Å². The van der Waals surface area contributed by atoms with Crippen molar-refractivity contribution in [3.63, 3.8) is 0 Å². The molecule has 0 radical (unpaired) electrons. The lowest BCUT2D eigenvalue weighted by Gasteiger charge is -2.24. The molecular weight excluding hydrogens is 480 g/mol. The van der Waals surface area contributed by atoms with Crippen LogP contribution in [-0.4, -0.2) is 38.1 Å². The second-order valence-corrected chi connectivity index (χ2v) is 10.9. The molecule has 0 atom stereocenters. The maximum Gasteiger partial charge on any atom is 0.291 e. The van der Waals surface area contributed by atoms with Crippen LogP contribution >= 0.6 is 34.8 Å². The summed E-state index contributed by atoms with van der Waals surface area (Å²) in [5, 5.41) is 2.52. The Hall–Kier alpha value is -1.40. The van der Waals surface area contributed by atoms with Crippen molar-refractivity contribution < 1.29 is 21.2 Å². The summed E-state index contributed by atoms with van der Waals surface area (Å²) in [5.41, 5.74) is -2.11. The van der Waals surface area contributed by atoms with Gasteiger partial charge in [0.2, 0.25) is 20.0 Å². The minimum Gasteiger partial charge on any atom is -0.266 e. The zero-order valence-corrected chi connectivity index (χ0v) is 18.3. The van der Waals surface area contributed by atoms with Crippen LogP contribution in [0.5, 0.6) is 0 Å². The zero-order valence-electron chi connectivity index (χ0n) is 14.4. The molecule has 0 unspecified atom stereocenters. The first-order valence-electron chi connectivity index (χ1n) is 7.56. The van der Waals surface area contributed by atoms with Crippen LogP contribution in [0.1, 0.15) is 13.8 Å². The third-order valence-corrected chi connectivity index (χ3v) is 8.83. The maximum absolute atomic E-state index is 14.5. The van der Waals surface area contributed by atoms with Gasteiger partial charge in [0.05, 0.1) is 33.4 Å². The topological polar surface area (TPSA) is 106 Å². The Morgan fingerprint density at radius 1 is 1.04 bits per heavy atom. The van der Waals surface area contributed by atoms with E-state index in [0.29, 0.717) is 10.7 Å². The van der Waals surface area contributed by atoms with E-state index in [1.165, 1.54) is 13.8 Å². The van der Waals surface area contributed by atoms with Crippen molar-refractivity contribution in [2.24, 2.45) is 0 Å². The number of anilines is 1. The number of halogens is 4. The largest absolute Gasteiger partial charge is 0.291 e. The third-order valence-electron chi connectivity index (χ3n) is 3.55. The van der Waals surface area contributed by atoms with Crippen molar-refractivity contribution in [2.45, 2.75) is 13.8 Å². The average molecular weight is 493 g/mol. The molecule has 0 amide bonds. The Balaban J connectivity index is 2.89. The zero-order chi connectivity index (χ0) is 21.4. The molecular formula is C14H13Cl3FN3O5S2. The Bertz CT molecular complexity index is 1170. The van der Waals surface area contributed by atoms with E-state index >= 15 is 0 Å². The van der Waals surface area contributed by atoms with Crippen LogP contribution in [0.2, 0.25) is 15.1 Å². The number of benzene rings is 1. The second kappa shape index (κ2) is 8.15. The van der Waals surface area contributed by atoms with Crippen molar-refractivity contribution >= 4 is 60.5 Å². The number of aromatic nitrogens is 2. The summed E-state index contributed by atoms with van der Waals surface area (Å²) in [7, 11) is -8.72. The predicted molar refractivity (Wildman–Crippen MR) is 106 cm³/mol. The molecule has 0 N–H and O–H groups in total. The van der Waals surface area contributed by atoms with Gasteiger partial charge in [0.25, 0.3) is 5.56 Å². The van der Waals surface area contributed by atoms with E-state index in [-0.39, 0.29) is 8.73 Å². The molecule has 14 heteroatoms. The van der Waals surface area contributed by atoms with Crippen LogP contribution in [0.25, 0.3) is 5.69 Å². The molecule has 1 aromatic carbocycles. The van der Waals surface area contributed by atoms with Crippen molar-refractivity contribution in [1.29, 1.82) is 0 Å². The average Bonchev–Trinajstić information content (AvgIpc) is 2.62. The number of rotatable bonds is 6. The molecule has 0 saturated heterocycles. The van der Waals surface area contributed by atoms with E-state index in [9.17, 15) is 26.0 Å². The summed E-state index contributed by atoms with van der Waals surface area (Å²) >= 11 is 17.4. The van der Waals surface area contributed by atoms with Crippen molar-refractivity contribution in [3.8, 4) is 5.69 Å². The van der Waals surface area contributed by atoms with Gasteiger partial charge in [-0.2, -0.15) is 13.5 Å². The number of nitrogens with zero attached hydrogens (tertiary/aromatic N) is 3. The first-order valence-corrected chi connectivity index (χ1v) is 11.9. The van der Waals surface area contributed by atoms with E-state index in [0.717, 1.165) is 12.3 Å². The summed E-state index contributed by atoms with van der Waals surface area (Å²) in [6, 6.07) is 1.46. The van der Waals surface area contributed by atoms with Crippen LogP contribution in [-0.2, 0) is 20.0 Å². The van der Waals surface area contributed by atoms with Crippen LogP contribution in [0, 0.1) is 5.82 Å². The molecule has 1 aromatic heterocycles. The molecule has 154 valence electrons. The molecule has 1 heterocycles. The van der Waals surface area contributed by atoms with Crippen molar-refractivity contribution in [2.75, 3.05) is 15.2 Å². The molecule has 0 aliphatic heterocycles. The fourth-order valence-electron chi connectivity index (χ4n) is 2.12. The monoisotopic (exact) mass is 491 g/mol. The van der Waals surface area contributed by atoms with Crippen LogP contribution in [0.4, 0.5) is 10.1 Å². The Morgan fingerprint density at radius 3 is 2.07 bits per heavy atom. The van der Waals surface area contributed by atoms with E-state index in [1.54, 1.807) is 0 Å². The molecule has 8 nitrogen and oxygen atoms in total. The molecule has 0 saturated carbocycles. The fraction of sp³-hybridized carbons (Fsp3) is 0.286. The normalized spacial score (nSPS) is 12.2. The number of hydrogen-bond donors (Lipinski definition) is 0. The van der Waals surface area contributed by atoms with Gasteiger partial charge in [0.15, 0.2) is 5.82 Å². The van der Waals surface area contributed by atoms with Gasteiger partial charge in [0.1, 0.15) is 10.7 Å². The van der Waals surface area contributed by atoms with Gasteiger partial charge in [-0.3, -0.25) is 4.79 Å². The minimum atomic E-state index is -4.36. The summed E-state index contributed by atoms with van der Waals surface area (Å²) in [5.74, 6) is -2.20. The lowest BCUT2D eigenvalue weighted by Crippen LogP contribution is -2.39. The van der Waals surface area contributed by atoms with E-state index in [1.807, 2.05) is 0 Å². The number of hydrogen-bond acceptors (Lipinski definition) is 6. The Kier molecular flexibility index (Phi) is 6.66. The molecule has 0 bridgehead atoms. The molecule has 0 fully saturated rings. The van der Waals surface area contributed by atoms with E-state index in [2.05, 4.69) is 5.10 Å². The highest BCUT2D eigenvalue weighted by atomic mass is 35.5. The Labute approximate surface area is 175 Å². The lowest BCUT2D eigenvalue weighted by atomic mass is 10.2. The van der Waals surface area contributed by atoms with Crippen molar-refractivity contribution in [3.05, 3.63) is 49.6 Å². The number of sulfonamides is 2. The lowest BCUT2D eigenvalue weighted by molar-refractivity contribution is 0.584. The minimum absolute atomic E-state index is 0.119. The Morgan fingerprint density at radius 2 is 1.57 bits per heavy atom. The van der Waals surface area contributed by atoms with Crippen LogP contribution in [0.3, 0.4) is 0 Å². The quantitative estimate of drug-likeness (QED) is 0.614. The van der Waals surface area contributed by atoms with Gasteiger partial charge >= 0.3 is 0 Å². The van der Waals surface area contributed by atoms with Crippen molar-refractivity contribution in [1.82, 2.24) is 9.78 Å². The summed E-state index contributed by atoms with van der Waals surface area (Å²) < 4.78 is 64.8. The maximum atomic E-state index is 14.5. The second-order valence-electron chi connectivity index (χ2n) is 5.28. The van der Waals surface area contributed by atoms with Gasteiger partial charge in [-0.25, -0.2) is 21.2 Å². The van der Waals surface area contributed by atoms with Gasteiger partial charge in [0, 0.05) is 0 Å². The van der Waals surface area contributed by atoms with Crippen LogP contribution < -0.4 is 9.27 Å². The molecule has 2 aromatic rings. The van der Waals surface area contributed by atoms with Gasteiger partial charge in [-0.05, 0) is 26.0 Å². The highest BCUT2D eigenvalue weighted by Crippen LogP contribution is 2.34. The van der Waals surface area contributed by atoms with Gasteiger partial charge in [-0.1, -0.05) is 34.8 Å². The molecule has 2 rings (SSSR count). The fourth-order valence-corrected chi connectivity index (χ4v) is 6.10. The first-order chi connectivity index (χ1) is 12.9. The summed E-state index contributed by atoms with van der Waals surface area (Å²) in [6.07, 6.45) is 0.975. The highest BCUT2D eigenvalue weighted by molar-refractivity contribution is 8.10. The highest BCUT2D eigenvalue weighted by Gasteiger charge is 2.34. The van der Waals surface area contributed by atoms with Gasteiger partial charge < -0.3 is 0 Å². The molecule has 0 aliphatic rings. The van der Waals surface area contributed by atoms with Gasteiger partial charge in [-0.15, -0.1) is 0 Å². The predicted octanol–water partition coefficient (Wildman–Crippen LogP) is 2.84. The standard InChI is InChI=1S/C14H13Cl3FN3O5S2/c1-3-27(23,24)21(28(25,26)4-2)11-6-12(10(18)5-8(11)15)20-14(22)13(17)9(16)7-19-20/h5-7H,3-4H2,1-2H3. The molecule has 0 aliphatic carbocycles. The SMILES string of the molecule is CCS(=O)(=O)N(c1cc(-n2ncc(Cl)c(Cl)c2=O)c(F)cc1Cl)S(=O)(=O)CC. The summed E-state index contributed by atoms with van der Waals surface area (Å²) in [6.45, 7) is 2.47. The summed E-state index contributed by atoms with van der Waals surface area (Å²) in [4.78, 5) is 12.2. The first kappa shape index (κ1) is 22.9. The molecule has 28 heavy (non-hydrogen) atoms. The smallest absolute Gasteiger partial charge is 0.266 e. The molecule has 0 spiro atoms. The third kappa shape index (κ3) is 4.13.